The van der Waals surface area contributed by atoms with E-state index in [1.54, 1.807) is 0 Å². The molecule has 0 unspecified atom stereocenters. The van der Waals surface area contributed by atoms with Crippen LogP contribution in [0.5, 0.6) is 0 Å². The van der Waals surface area contributed by atoms with Crippen molar-refractivity contribution in [1.82, 2.24) is 6.15 Å². The van der Waals surface area contributed by atoms with Crippen LogP contribution in [0.2, 0.25) is 0 Å². The maximum absolute atomic E-state index is 10.7. The Kier molecular flexibility index (Phi) is 8.39. The Hall–Kier alpha value is -1.30. The molecule has 0 aromatic carbocycles. The minimum absolute atomic E-state index is 0. The van der Waals surface area contributed by atoms with Gasteiger partial charge in [-0.2, -0.15) is 0 Å². The topological polar surface area (TPSA) is 200 Å². The first kappa shape index (κ1) is 18.1. The number of carbonyl (C=O) groups is 2. The minimum Gasteiger partial charge on any atom is -0.449 e. The smallest absolute Gasteiger partial charge is 0.449 e. The second-order valence-corrected chi connectivity index (χ2v) is 2.86. The van der Waals surface area contributed by atoms with Gasteiger partial charge in [-0.25, -0.2) is 9.59 Å². The highest BCUT2D eigenvalue weighted by molar-refractivity contribution is 5.84. The van der Waals surface area contributed by atoms with Crippen LogP contribution in [-0.4, -0.2) is 73.8 Å². The van der Waals surface area contributed by atoms with Crippen molar-refractivity contribution in [1.29, 1.82) is 0 Å². The molecule has 0 aliphatic heterocycles. The Morgan fingerprint density at radius 3 is 1.88 bits per heavy atom. The van der Waals surface area contributed by atoms with E-state index >= 15 is 0 Å². The fourth-order valence-electron chi connectivity index (χ4n) is 0.808. The first-order valence-corrected chi connectivity index (χ1v) is 4.09. The average Bonchev–Trinajstić information content (AvgIpc) is 2.23. The number of aliphatic hydroxyl groups excluding tert-OH is 5. The fraction of sp³-hybridized carbons (Fsp3) is 0.714. The van der Waals surface area contributed by atoms with Crippen LogP contribution in [0.4, 0.5) is 4.79 Å². The van der Waals surface area contributed by atoms with Crippen molar-refractivity contribution < 1.29 is 45.0 Å². The summed E-state index contributed by atoms with van der Waals surface area (Å²) in [5.74, 6) is -1.70. The van der Waals surface area contributed by atoms with Gasteiger partial charge in [-0.3, -0.25) is 0 Å². The zero-order chi connectivity index (χ0) is 12.9. The molecule has 0 fully saturated rings. The molecule has 0 rings (SSSR count). The van der Waals surface area contributed by atoms with Crippen molar-refractivity contribution in [2.45, 2.75) is 24.4 Å². The molecule has 0 heterocycles. The summed E-state index contributed by atoms with van der Waals surface area (Å²) in [5, 5.41) is 52.5. The number of ether oxygens (including phenoxy) is 1. The van der Waals surface area contributed by atoms with Gasteiger partial charge in [0.2, 0.25) is 0 Å². The molecule has 0 spiro atoms. The molecule has 0 saturated carbocycles. The van der Waals surface area contributed by atoms with Gasteiger partial charge in [-0.05, 0) is 0 Å². The van der Waals surface area contributed by atoms with E-state index in [4.69, 9.17) is 30.6 Å². The van der Waals surface area contributed by atoms with Crippen LogP contribution in [-0.2, 0) is 9.53 Å². The highest BCUT2D eigenvalue weighted by Crippen LogP contribution is 2.06. The summed E-state index contributed by atoms with van der Waals surface area (Å²) in [5.41, 5.74) is 0. The van der Waals surface area contributed by atoms with Crippen molar-refractivity contribution in [3.63, 3.8) is 0 Å². The van der Waals surface area contributed by atoms with Gasteiger partial charge in [0.1, 0.15) is 18.3 Å². The molecule has 0 aromatic rings. The third-order valence-electron chi connectivity index (χ3n) is 1.68. The van der Waals surface area contributed by atoms with Crippen molar-refractivity contribution in [2.24, 2.45) is 0 Å². The van der Waals surface area contributed by atoms with E-state index in [2.05, 4.69) is 4.74 Å². The molecule has 102 valence electrons. The molecule has 0 radical (unpaired) electrons. The Morgan fingerprint density at radius 1 is 1.06 bits per heavy atom. The van der Waals surface area contributed by atoms with Gasteiger partial charge in [0.05, 0.1) is 6.61 Å². The predicted molar refractivity (Wildman–Crippen MR) is 50.3 cm³/mol. The van der Waals surface area contributed by atoms with E-state index < -0.39 is 43.1 Å². The molecule has 0 bridgehead atoms. The van der Waals surface area contributed by atoms with Crippen LogP contribution < -0.4 is 6.15 Å². The molecular weight excluding hydrogens is 242 g/mol. The molecule has 17 heavy (non-hydrogen) atoms. The number of hydrogen-bond donors (Lipinski definition) is 7. The molecule has 9 N–H and O–H groups in total. The van der Waals surface area contributed by atoms with Crippen LogP contribution in [0.15, 0.2) is 0 Å². The van der Waals surface area contributed by atoms with E-state index in [1.807, 2.05) is 0 Å². The molecule has 0 aliphatic rings. The molecule has 0 aliphatic carbocycles. The van der Waals surface area contributed by atoms with Crippen molar-refractivity contribution >= 4 is 12.1 Å². The lowest BCUT2D eigenvalue weighted by atomic mass is 10.0. The van der Waals surface area contributed by atoms with Gasteiger partial charge in [-0.15, -0.1) is 0 Å². The summed E-state index contributed by atoms with van der Waals surface area (Å²) in [7, 11) is 0. The van der Waals surface area contributed by atoms with Gasteiger partial charge < -0.3 is 41.5 Å². The van der Waals surface area contributed by atoms with Gasteiger partial charge in [-0.1, -0.05) is 0 Å². The van der Waals surface area contributed by atoms with Gasteiger partial charge >= 0.3 is 12.1 Å². The average molecular weight is 257 g/mol. The van der Waals surface area contributed by atoms with Crippen LogP contribution >= 0.6 is 0 Å². The zero-order valence-electron chi connectivity index (χ0n) is 8.63. The van der Waals surface area contributed by atoms with Gasteiger partial charge in [0, 0.05) is 0 Å². The zero-order valence-corrected chi connectivity index (χ0v) is 8.63. The molecule has 4 atom stereocenters. The van der Waals surface area contributed by atoms with Crippen LogP contribution in [0.1, 0.15) is 0 Å². The molecule has 10 heteroatoms. The van der Waals surface area contributed by atoms with Crippen LogP contribution in [0.3, 0.4) is 0 Å². The van der Waals surface area contributed by atoms with Crippen molar-refractivity contribution in [3.05, 3.63) is 0 Å². The molecule has 0 amide bonds. The number of carboxylic acid groups (broad SMARTS) is 1. The molecule has 0 aromatic heterocycles. The predicted octanol–water partition coefficient (Wildman–Crippen LogP) is -3.19. The number of aliphatic hydroxyl groups is 5. The summed E-state index contributed by atoms with van der Waals surface area (Å²) >= 11 is 0. The van der Waals surface area contributed by atoms with E-state index in [9.17, 15) is 9.59 Å². The van der Waals surface area contributed by atoms with Gasteiger partial charge in [0.15, 0.2) is 6.10 Å². The maximum Gasteiger partial charge on any atom is 0.513 e. The first-order chi connectivity index (χ1) is 7.31. The maximum atomic E-state index is 10.7. The standard InChI is InChI=1S/C7H12O9.H3N/c8-1-2(9)3(10)4(11)5(12)6(13)16-7(14)15;/h2-5,8-12H,1H2,(H,14,15);1H3/t2-,3-,4+,5-;/m1./s1. The fourth-order valence-corrected chi connectivity index (χ4v) is 0.808. The molecule has 10 nitrogen and oxygen atoms in total. The second-order valence-electron chi connectivity index (χ2n) is 2.86. The monoisotopic (exact) mass is 257 g/mol. The summed E-state index contributed by atoms with van der Waals surface area (Å²) in [6.45, 7) is -0.918. The number of carbonyl (C=O) groups excluding carboxylic acids is 1. The summed E-state index contributed by atoms with van der Waals surface area (Å²) in [6.07, 6.45) is -10.3. The Labute approximate surface area is 95.3 Å². The number of hydrogen-bond acceptors (Lipinski definition) is 9. The summed E-state index contributed by atoms with van der Waals surface area (Å²) in [6, 6.07) is 0. The number of esters is 1. The Balaban J connectivity index is 0. The third kappa shape index (κ3) is 5.53. The lowest BCUT2D eigenvalue weighted by molar-refractivity contribution is -0.165. The summed E-state index contributed by atoms with van der Waals surface area (Å²) in [4.78, 5) is 20.7. The van der Waals surface area contributed by atoms with E-state index in [1.165, 1.54) is 0 Å². The van der Waals surface area contributed by atoms with E-state index in [-0.39, 0.29) is 6.15 Å². The van der Waals surface area contributed by atoms with Crippen molar-refractivity contribution in [3.8, 4) is 0 Å². The number of rotatable bonds is 5. The quantitative estimate of drug-likeness (QED) is 0.194. The highest BCUT2D eigenvalue weighted by Gasteiger charge is 2.35. The lowest BCUT2D eigenvalue weighted by Gasteiger charge is -2.23. The first-order valence-electron chi connectivity index (χ1n) is 4.09. The Morgan fingerprint density at radius 2 is 1.53 bits per heavy atom. The van der Waals surface area contributed by atoms with Gasteiger partial charge in [0.25, 0.3) is 0 Å². The molecule has 0 saturated heterocycles. The third-order valence-corrected chi connectivity index (χ3v) is 1.68. The highest BCUT2D eigenvalue weighted by atomic mass is 16.7. The Bertz CT molecular complexity index is 258. The normalized spacial score (nSPS) is 17.2. The second kappa shape index (κ2) is 7.89. The van der Waals surface area contributed by atoms with E-state index in [0.717, 1.165) is 0 Å². The van der Waals surface area contributed by atoms with Crippen LogP contribution in [0.25, 0.3) is 0 Å². The summed E-state index contributed by atoms with van der Waals surface area (Å²) < 4.78 is 3.51. The van der Waals surface area contributed by atoms with Crippen molar-refractivity contribution in [2.75, 3.05) is 6.61 Å². The largest absolute Gasteiger partial charge is 0.513 e. The minimum atomic E-state index is -2.35. The molecular formula is C7H15NO9. The SMILES string of the molecule is N.O=C(O)OC(=O)[C@H](O)[C@@H](O)[C@H](O)[C@H](O)CO. The van der Waals surface area contributed by atoms with E-state index in [0.29, 0.717) is 0 Å². The van der Waals surface area contributed by atoms with Crippen LogP contribution in [0, 0.1) is 0 Å². The lowest BCUT2D eigenvalue weighted by Crippen LogP contribution is -2.49.